The second-order valence-corrected chi connectivity index (χ2v) is 7.78. The van der Waals surface area contributed by atoms with Crippen LogP contribution in [0.15, 0.2) is 64.5 Å². The van der Waals surface area contributed by atoms with Gasteiger partial charge >= 0.3 is 0 Å². The highest BCUT2D eigenvalue weighted by atomic mass is 32.2. The first-order valence-electron chi connectivity index (χ1n) is 9.33. The molecule has 28 heavy (non-hydrogen) atoms. The summed E-state index contributed by atoms with van der Waals surface area (Å²) in [5, 5.41) is 5.79. The van der Waals surface area contributed by atoms with Gasteiger partial charge in [0.05, 0.1) is 6.54 Å². The fourth-order valence-corrected chi connectivity index (χ4v) is 4.20. The molecule has 1 unspecified atom stereocenters. The van der Waals surface area contributed by atoms with Gasteiger partial charge < -0.3 is 15.5 Å². The van der Waals surface area contributed by atoms with Gasteiger partial charge in [-0.1, -0.05) is 24.3 Å². The molecular formula is C21H25FN4OS. The zero-order chi connectivity index (χ0) is 19.8. The molecule has 3 rings (SSSR count). The highest BCUT2D eigenvalue weighted by Gasteiger charge is 2.25. The highest BCUT2D eigenvalue weighted by Crippen LogP contribution is 2.25. The van der Waals surface area contributed by atoms with Gasteiger partial charge in [0.25, 0.3) is 0 Å². The maximum absolute atomic E-state index is 13.2. The predicted molar refractivity (Wildman–Crippen MR) is 113 cm³/mol. The third-order valence-corrected chi connectivity index (χ3v) is 5.79. The SMILES string of the molecule is CN=C(NCC(=O)Nc1cccc(F)c1)N1CCC(CSc2ccccc2)C1. The Kier molecular flexibility index (Phi) is 7.31. The normalized spacial score (nSPS) is 16.9. The second kappa shape index (κ2) is 10.1. The van der Waals surface area contributed by atoms with E-state index in [9.17, 15) is 9.18 Å². The Balaban J connectivity index is 1.43. The molecule has 7 heteroatoms. The molecule has 148 valence electrons. The fraction of sp³-hybridized carbons (Fsp3) is 0.333. The van der Waals surface area contributed by atoms with E-state index in [1.807, 2.05) is 17.8 Å². The Bertz CT molecular complexity index is 815. The second-order valence-electron chi connectivity index (χ2n) is 6.68. The lowest BCUT2D eigenvalue weighted by Crippen LogP contribution is -2.43. The minimum absolute atomic E-state index is 0.0864. The van der Waals surface area contributed by atoms with Gasteiger partial charge in [0.15, 0.2) is 5.96 Å². The van der Waals surface area contributed by atoms with Crippen LogP contribution in [0, 0.1) is 11.7 Å². The van der Waals surface area contributed by atoms with E-state index < -0.39 is 0 Å². The van der Waals surface area contributed by atoms with E-state index in [0.29, 0.717) is 11.6 Å². The lowest BCUT2D eigenvalue weighted by atomic mass is 10.2. The average molecular weight is 401 g/mol. The van der Waals surface area contributed by atoms with Gasteiger partial charge in [0.2, 0.25) is 5.91 Å². The van der Waals surface area contributed by atoms with Gasteiger partial charge in [-0.2, -0.15) is 0 Å². The number of aliphatic imine (C=N–C) groups is 1. The van der Waals surface area contributed by atoms with Crippen molar-refractivity contribution in [2.75, 3.05) is 37.8 Å². The van der Waals surface area contributed by atoms with Crippen molar-refractivity contribution in [3.05, 3.63) is 60.4 Å². The number of hydrogen-bond acceptors (Lipinski definition) is 3. The van der Waals surface area contributed by atoms with Crippen molar-refractivity contribution in [1.82, 2.24) is 10.2 Å². The van der Waals surface area contributed by atoms with Gasteiger partial charge in [-0.3, -0.25) is 9.79 Å². The van der Waals surface area contributed by atoms with Crippen LogP contribution >= 0.6 is 11.8 Å². The molecular weight excluding hydrogens is 375 g/mol. The van der Waals surface area contributed by atoms with Crippen LogP contribution in [-0.4, -0.2) is 49.2 Å². The minimum atomic E-state index is -0.377. The predicted octanol–water partition coefficient (Wildman–Crippen LogP) is 3.45. The Hall–Kier alpha value is -2.54. The van der Waals surface area contributed by atoms with Gasteiger partial charge in [-0.25, -0.2) is 4.39 Å². The number of hydrogen-bond donors (Lipinski definition) is 2. The van der Waals surface area contributed by atoms with Gasteiger partial charge in [0.1, 0.15) is 5.82 Å². The summed E-state index contributed by atoms with van der Waals surface area (Å²) in [4.78, 5) is 19.9. The quantitative estimate of drug-likeness (QED) is 0.443. The molecule has 5 nitrogen and oxygen atoms in total. The number of benzene rings is 2. The number of carbonyl (C=O) groups excluding carboxylic acids is 1. The standard InChI is InChI=1S/C21H25FN4OS/c1-23-21(24-13-20(27)25-18-7-5-6-17(22)12-18)26-11-10-16(14-26)15-28-19-8-3-2-4-9-19/h2-9,12,16H,10-11,13-15H2,1H3,(H,23,24)(H,25,27). The van der Waals surface area contributed by atoms with Crippen molar-refractivity contribution in [2.45, 2.75) is 11.3 Å². The summed E-state index contributed by atoms with van der Waals surface area (Å²) in [5.74, 6) is 1.77. The monoisotopic (exact) mass is 400 g/mol. The Morgan fingerprint density at radius 1 is 1.25 bits per heavy atom. The number of nitrogens with one attached hydrogen (secondary N) is 2. The molecule has 1 aliphatic heterocycles. The molecule has 0 saturated carbocycles. The average Bonchev–Trinajstić information content (AvgIpc) is 3.16. The van der Waals surface area contributed by atoms with Crippen LogP contribution in [-0.2, 0) is 4.79 Å². The van der Waals surface area contributed by atoms with E-state index >= 15 is 0 Å². The molecule has 1 aliphatic rings. The van der Waals surface area contributed by atoms with Crippen molar-refractivity contribution in [1.29, 1.82) is 0 Å². The number of anilines is 1. The highest BCUT2D eigenvalue weighted by molar-refractivity contribution is 7.99. The van der Waals surface area contributed by atoms with Gasteiger partial charge in [-0.15, -0.1) is 11.8 Å². The van der Waals surface area contributed by atoms with Crippen LogP contribution in [0.25, 0.3) is 0 Å². The first kappa shape index (κ1) is 20.2. The number of halogens is 1. The third-order valence-electron chi connectivity index (χ3n) is 4.54. The fourth-order valence-electron chi connectivity index (χ4n) is 3.15. The van der Waals surface area contributed by atoms with Crippen molar-refractivity contribution in [3.8, 4) is 0 Å². The van der Waals surface area contributed by atoms with Crippen LogP contribution in [0.5, 0.6) is 0 Å². The van der Waals surface area contributed by atoms with E-state index in [-0.39, 0.29) is 18.3 Å². The number of carbonyl (C=O) groups is 1. The largest absolute Gasteiger partial charge is 0.347 e. The van der Waals surface area contributed by atoms with Crippen LogP contribution in [0.2, 0.25) is 0 Å². The topological polar surface area (TPSA) is 56.7 Å². The zero-order valence-corrected chi connectivity index (χ0v) is 16.7. The first-order chi connectivity index (χ1) is 13.6. The summed E-state index contributed by atoms with van der Waals surface area (Å²) in [5.41, 5.74) is 0.445. The Morgan fingerprint density at radius 2 is 2.07 bits per heavy atom. The maximum atomic E-state index is 13.2. The van der Waals surface area contributed by atoms with E-state index in [1.165, 1.54) is 17.0 Å². The number of thioether (sulfide) groups is 1. The van der Waals surface area contributed by atoms with E-state index in [1.54, 1.807) is 19.2 Å². The lowest BCUT2D eigenvalue weighted by Gasteiger charge is -2.21. The molecule has 1 fully saturated rings. The number of nitrogens with zero attached hydrogens (tertiary/aromatic N) is 2. The molecule has 2 aromatic carbocycles. The van der Waals surface area contributed by atoms with Crippen molar-refractivity contribution >= 4 is 29.3 Å². The molecule has 0 aliphatic carbocycles. The van der Waals surface area contributed by atoms with E-state index in [4.69, 9.17) is 0 Å². The third kappa shape index (κ3) is 5.99. The molecule has 2 N–H and O–H groups in total. The van der Waals surface area contributed by atoms with E-state index in [0.717, 1.165) is 31.2 Å². The molecule has 2 aromatic rings. The number of amides is 1. The van der Waals surface area contributed by atoms with Crippen LogP contribution < -0.4 is 10.6 Å². The van der Waals surface area contributed by atoms with Gasteiger partial charge in [0, 0.05) is 36.5 Å². The molecule has 0 aromatic heterocycles. The zero-order valence-electron chi connectivity index (χ0n) is 15.9. The first-order valence-corrected chi connectivity index (χ1v) is 10.3. The summed E-state index contributed by atoms with van der Waals surface area (Å²) in [7, 11) is 1.72. The van der Waals surface area contributed by atoms with E-state index in [2.05, 4.69) is 44.8 Å². The molecule has 1 atom stereocenters. The molecule has 0 radical (unpaired) electrons. The summed E-state index contributed by atoms with van der Waals surface area (Å²) in [6.07, 6.45) is 1.11. The Labute approximate surface area is 169 Å². The van der Waals surface area contributed by atoms with Crippen LogP contribution in [0.1, 0.15) is 6.42 Å². The van der Waals surface area contributed by atoms with Gasteiger partial charge in [-0.05, 0) is 42.7 Å². The van der Waals surface area contributed by atoms with Crippen molar-refractivity contribution in [3.63, 3.8) is 0 Å². The molecule has 0 spiro atoms. The maximum Gasteiger partial charge on any atom is 0.243 e. The van der Waals surface area contributed by atoms with Crippen LogP contribution in [0.3, 0.4) is 0 Å². The summed E-state index contributed by atoms with van der Waals surface area (Å²) in [6.45, 7) is 1.93. The Morgan fingerprint density at radius 3 is 2.82 bits per heavy atom. The number of guanidine groups is 1. The summed E-state index contributed by atoms with van der Waals surface area (Å²) in [6, 6.07) is 16.3. The molecule has 0 bridgehead atoms. The van der Waals surface area contributed by atoms with Crippen LogP contribution in [0.4, 0.5) is 10.1 Å². The smallest absolute Gasteiger partial charge is 0.243 e. The van der Waals surface area contributed by atoms with Crippen molar-refractivity contribution < 1.29 is 9.18 Å². The summed E-state index contributed by atoms with van der Waals surface area (Å²) < 4.78 is 13.2. The van der Waals surface area contributed by atoms with Crippen molar-refractivity contribution in [2.24, 2.45) is 10.9 Å². The number of likely N-dealkylation sites (tertiary alicyclic amines) is 1. The molecule has 1 amide bonds. The number of rotatable bonds is 6. The molecule has 1 saturated heterocycles. The lowest BCUT2D eigenvalue weighted by molar-refractivity contribution is -0.115. The molecule has 1 heterocycles. The minimum Gasteiger partial charge on any atom is -0.347 e. The summed E-state index contributed by atoms with van der Waals surface area (Å²) >= 11 is 1.88.